The smallest absolute Gasteiger partial charge is 0.129 e. The van der Waals surface area contributed by atoms with Gasteiger partial charge in [0.1, 0.15) is 5.15 Å². The lowest BCUT2D eigenvalue weighted by atomic mass is 10.1. The minimum Gasteiger partial charge on any atom is -0.371 e. The topological polar surface area (TPSA) is 25.4 Å². The number of aromatic nitrogens is 1. The Labute approximate surface area is 144 Å². The quantitative estimate of drug-likeness (QED) is 0.750. The first-order valence-electron chi connectivity index (χ1n) is 7.02. The first kappa shape index (κ1) is 16.0. The predicted molar refractivity (Wildman–Crippen MR) is 89.7 cm³/mol. The van der Waals surface area contributed by atoms with E-state index in [1.807, 2.05) is 24.3 Å². The van der Waals surface area contributed by atoms with Crippen molar-refractivity contribution in [1.29, 1.82) is 0 Å². The van der Waals surface area contributed by atoms with Gasteiger partial charge in [0.05, 0.1) is 28.5 Å². The molecule has 1 saturated heterocycles. The highest BCUT2D eigenvalue weighted by Crippen LogP contribution is 2.29. The summed E-state index contributed by atoms with van der Waals surface area (Å²) >= 11 is 18.0. The van der Waals surface area contributed by atoms with Gasteiger partial charge in [-0.05, 0) is 29.8 Å². The minimum atomic E-state index is -0.0114. The maximum atomic E-state index is 6.09. The molecular formula is C16H15Cl3N2O. The Kier molecular flexibility index (Phi) is 5.21. The van der Waals surface area contributed by atoms with Crippen molar-refractivity contribution in [2.75, 3.05) is 19.7 Å². The van der Waals surface area contributed by atoms with Crippen molar-refractivity contribution in [3.8, 4) is 0 Å². The van der Waals surface area contributed by atoms with Crippen LogP contribution in [0.1, 0.15) is 17.4 Å². The summed E-state index contributed by atoms with van der Waals surface area (Å²) in [6, 6.07) is 11.3. The van der Waals surface area contributed by atoms with Crippen molar-refractivity contribution < 1.29 is 4.74 Å². The molecule has 0 saturated carbocycles. The lowest BCUT2D eigenvalue weighted by molar-refractivity contribution is -0.0332. The van der Waals surface area contributed by atoms with E-state index < -0.39 is 0 Å². The van der Waals surface area contributed by atoms with E-state index in [2.05, 4.69) is 9.88 Å². The largest absolute Gasteiger partial charge is 0.371 e. The average molecular weight is 358 g/mol. The molecule has 1 aromatic carbocycles. The van der Waals surface area contributed by atoms with Gasteiger partial charge in [-0.2, -0.15) is 0 Å². The van der Waals surface area contributed by atoms with Crippen LogP contribution in [0.25, 0.3) is 0 Å². The molecule has 3 rings (SSSR count). The number of pyridine rings is 1. The van der Waals surface area contributed by atoms with Gasteiger partial charge in [-0.15, -0.1) is 0 Å². The third-order valence-corrected chi connectivity index (χ3v) is 4.57. The molecule has 116 valence electrons. The number of halogens is 3. The highest BCUT2D eigenvalue weighted by molar-refractivity contribution is 6.42. The fourth-order valence-electron chi connectivity index (χ4n) is 2.53. The molecular weight excluding hydrogens is 343 g/mol. The summed E-state index contributed by atoms with van der Waals surface area (Å²) < 4.78 is 5.86. The molecule has 0 bridgehead atoms. The maximum Gasteiger partial charge on any atom is 0.129 e. The summed E-state index contributed by atoms with van der Waals surface area (Å²) in [6.45, 7) is 3.07. The van der Waals surface area contributed by atoms with Crippen LogP contribution in [0.3, 0.4) is 0 Å². The summed E-state index contributed by atoms with van der Waals surface area (Å²) in [5.74, 6) is 0. The van der Waals surface area contributed by atoms with E-state index in [1.54, 1.807) is 12.1 Å². The van der Waals surface area contributed by atoms with Gasteiger partial charge in [-0.25, -0.2) is 4.98 Å². The first-order chi connectivity index (χ1) is 10.6. The summed E-state index contributed by atoms with van der Waals surface area (Å²) in [4.78, 5) is 6.64. The number of hydrogen-bond acceptors (Lipinski definition) is 3. The van der Waals surface area contributed by atoms with E-state index >= 15 is 0 Å². The van der Waals surface area contributed by atoms with Gasteiger partial charge in [0, 0.05) is 19.6 Å². The zero-order valence-corrected chi connectivity index (χ0v) is 14.1. The fraction of sp³-hybridized carbons (Fsp3) is 0.312. The number of morpholine rings is 1. The normalized spacial score (nSPS) is 19.3. The van der Waals surface area contributed by atoms with Crippen LogP contribution >= 0.6 is 34.8 Å². The molecule has 1 aliphatic heterocycles. The van der Waals surface area contributed by atoms with Crippen molar-refractivity contribution >= 4 is 34.8 Å². The van der Waals surface area contributed by atoms with Crippen LogP contribution in [0.4, 0.5) is 0 Å². The van der Waals surface area contributed by atoms with Crippen LogP contribution < -0.4 is 0 Å². The minimum absolute atomic E-state index is 0.0114. The molecule has 6 heteroatoms. The monoisotopic (exact) mass is 356 g/mol. The Morgan fingerprint density at radius 2 is 2.00 bits per heavy atom. The van der Waals surface area contributed by atoms with Crippen LogP contribution in [-0.2, 0) is 11.3 Å². The molecule has 22 heavy (non-hydrogen) atoms. The molecule has 0 radical (unpaired) electrons. The average Bonchev–Trinajstić information content (AvgIpc) is 2.50. The van der Waals surface area contributed by atoms with E-state index in [0.717, 1.165) is 30.9 Å². The first-order valence-corrected chi connectivity index (χ1v) is 8.15. The second kappa shape index (κ2) is 7.16. The number of ether oxygens (including phenoxy) is 1. The van der Waals surface area contributed by atoms with E-state index in [-0.39, 0.29) is 6.10 Å². The molecule has 1 unspecified atom stereocenters. The van der Waals surface area contributed by atoms with Crippen molar-refractivity contribution in [2.45, 2.75) is 12.6 Å². The predicted octanol–water partition coefficient (Wildman–Crippen LogP) is 4.62. The number of benzene rings is 1. The van der Waals surface area contributed by atoms with Gasteiger partial charge in [0.2, 0.25) is 0 Å². The molecule has 0 amide bonds. The van der Waals surface area contributed by atoms with Gasteiger partial charge in [-0.3, -0.25) is 4.90 Å². The summed E-state index contributed by atoms with van der Waals surface area (Å²) in [5.41, 5.74) is 2.00. The zero-order valence-electron chi connectivity index (χ0n) is 11.8. The molecule has 0 aliphatic carbocycles. The van der Waals surface area contributed by atoms with Crippen LogP contribution in [-0.4, -0.2) is 29.6 Å². The third kappa shape index (κ3) is 3.92. The molecule has 1 aliphatic rings. The van der Waals surface area contributed by atoms with Gasteiger partial charge in [0.15, 0.2) is 0 Å². The van der Waals surface area contributed by atoms with Crippen molar-refractivity contribution in [3.63, 3.8) is 0 Å². The summed E-state index contributed by atoms with van der Waals surface area (Å²) in [5, 5.41) is 1.63. The van der Waals surface area contributed by atoms with E-state index in [9.17, 15) is 0 Å². The van der Waals surface area contributed by atoms with E-state index in [0.29, 0.717) is 21.8 Å². The third-order valence-electron chi connectivity index (χ3n) is 3.62. The fourth-order valence-corrected chi connectivity index (χ4v) is 3.02. The molecule has 0 N–H and O–H groups in total. The van der Waals surface area contributed by atoms with E-state index in [1.165, 1.54) is 0 Å². The summed E-state index contributed by atoms with van der Waals surface area (Å²) in [7, 11) is 0. The zero-order chi connectivity index (χ0) is 15.5. The van der Waals surface area contributed by atoms with Gasteiger partial charge < -0.3 is 4.74 Å². The van der Waals surface area contributed by atoms with Gasteiger partial charge in [0.25, 0.3) is 0 Å². The highest BCUT2D eigenvalue weighted by atomic mass is 35.5. The van der Waals surface area contributed by atoms with Crippen molar-refractivity contribution in [2.24, 2.45) is 0 Å². The summed E-state index contributed by atoms with van der Waals surface area (Å²) in [6.07, 6.45) is -0.0114. The Morgan fingerprint density at radius 1 is 1.14 bits per heavy atom. The molecule has 3 nitrogen and oxygen atoms in total. The lowest BCUT2D eigenvalue weighted by Crippen LogP contribution is -2.38. The Balaban J connectivity index is 1.69. The Hall–Kier alpha value is -0.840. The second-order valence-corrected chi connectivity index (χ2v) is 6.42. The van der Waals surface area contributed by atoms with E-state index in [4.69, 9.17) is 39.5 Å². The number of hydrogen-bond donors (Lipinski definition) is 0. The molecule has 2 aromatic rings. The highest BCUT2D eigenvalue weighted by Gasteiger charge is 2.22. The molecule has 1 fully saturated rings. The van der Waals surface area contributed by atoms with Gasteiger partial charge in [-0.1, -0.05) is 46.9 Å². The van der Waals surface area contributed by atoms with Crippen LogP contribution in [0.5, 0.6) is 0 Å². The van der Waals surface area contributed by atoms with Gasteiger partial charge >= 0.3 is 0 Å². The molecule has 1 atom stereocenters. The van der Waals surface area contributed by atoms with Crippen LogP contribution in [0.2, 0.25) is 15.2 Å². The van der Waals surface area contributed by atoms with Crippen molar-refractivity contribution in [1.82, 2.24) is 9.88 Å². The van der Waals surface area contributed by atoms with Crippen LogP contribution in [0, 0.1) is 0 Å². The SMILES string of the molecule is Clc1cccc(CN2CCOC(c3ccc(Cl)c(Cl)c3)C2)n1. The molecule has 2 heterocycles. The maximum absolute atomic E-state index is 6.09. The second-order valence-electron chi connectivity index (χ2n) is 5.22. The standard InChI is InChI=1S/C16H15Cl3N2O/c17-13-5-4-11(8-14(13)18)15-10-21(6-7-22-15)9-12-2-1-3-16(19)20-12/h1-5,8,15H,6-7,9-10H2. The van der Waals surface area contributed by atoms with Crippen molar-refractivity contribution in [3.05, 3.63) is 62.9 Å². The molecule has 0 spiro atoms. The van der Waals surface area contributed by atoms with Crippen LogP contribution in [0.15, 0.2) is 36.4 Å². The Bertz CT molecular complexity index is 666. The number of nitrogens with zero attached hydrogens (tertiary/aromatic N) is 2. The Morgan fingerprint density at radius 3 is 2.77 bits per heavy atom. The lowest BCUT2D eigenvalue weighted by Gasteiger charge is -2.33. The molecule has 1 aromatic heterocycles. The number of rotatable bonds is 3.